The predicted octanol–water partition coefficient (Wildman–Crippen LogP) is -0.225. The van der Waals surface area contributed by atoms with Gasteiger partial charge in [-0.25, -0.2) is 8.42 Å². The Hall–Kier alpha value is 1.51. The van der Waals surface area contributed by atoms with Crippen LogP contribution < -0.4 is 51.4 Å². The first-order valence-corrected chi connectivity index (χ1v) is 7.96. The zero-order chi connectivity index (χ0) is 13.4. The molecule has 0 saturated carbocycles. The summed E-state index contributed by atoms with van der Waals surface area (Å²) in [6, 6.07) is 0. The minimum Gasteiger partial charge on any atom is -0.746 e. The third kappa shape index (κ3) is 8.63. The third-order valence-electron chi connectivity index (χ3n) is 3.06. The van der Waals surface area contributed by atoms with Crippen LogP contribution in [0.1, 0.15) is 71.6 Å². The molecule has 0 aliphatic rings. The molecule has 0 bridgehead atoms. The molecule has 0 radical (unpaired) electrons. The minimum atomic E-state index is -4.62. The number of rotatable bonds is 10. The molecular formula is C12H25KO4S. The Morgan fingerprint density at radius 2 is 1.39 bits per heavy atom. The predicted molar refractivity (Wildman–Crippen MR) is 67.5 cm³/mol. The average Bonchev–Trinajstić information content (AvgIpc) is 2.24. The fraction of sp³-hybridized carbons (Fsp3) is 1.00. The van der Waals surface area contributed by atoms with Crippen LogP contribution in [-0.4, -0.2) is 23.0 Å². The van der Waals surface area contributed by atoms with E-state index in [1.165, 1.54) is 0 Å². The second-order valence-corrected chi connectivity index (χ2v) is 6.34. The van der Waals surface area contributed by atoms with E-state index in [1.54, 1.807) is 0 Å². The minimum absolute atomic E-state index is 0. The molecule has 0 fully saturated rings. The summed E-state index contributed by atoms with van der Waals surface area (Å²) in [6.07, 6.45) is 6.18. The van der Waals surface area contributed by atoms with Crippen LogP contribution >= 0.6 is 0 Å². The van der Waals surface area contributed by atoms with Crippen molar-refractivity contribution in [1.82, 2.24) is 0 Å². The molecule has 104 valence electrons. The van der Waals surface area contributed by atoms with Crippen molar-refractivity contribution < 1.29 is 69.5 Å². The van der Waals surface area contributed by atoms with E-state index in [0.29, 0.717) is 12.8 Å². The molecule has 0 spiro atoms. The van der Waals surface area contributed by atoms with Gasteiger partial charge in [-0.15, -0.1) is 0 Å². The summed E-state index contributed by atoms with van der Waals surface area (Å²) in [5.41, 5.74) is 0. The van der Waals surface area contributed by atoms with Gasteiger partial charge in [0.2, 0.25) is 0 Å². The van der Waals surface area contributed by atoms with Gasteiger partial charge in [0.1, 0.15) is 10.1 Å². The first kappa shape index (κ1) is 21.8. The Morgan fingerprint density at radius 3 is 1.83 bits per heavy atom. The van der Waals surface area contributed by atoms with Gasteiger partial charge in [0.15, 0.2) is 4.93 Å². The molecule has 0 aliphatic heterocycles. The van der Waals surface area contributed by atoms with Gasteiger partial charge in [0, 0.05) is 0 Å². The van der Waals surface area contributed by atoms with Gasteiger partial charge in [0.25, 0.3) is 0 Å². The van der Waals surface area contributed by atoms with Gasteiger partial charge < -0.3 is 9.66 Å². The molecule has 18 heavy (non-hydrogen) atoms. The maximum absolute atomic E-state index is 11.1. The summed E-state index contributed by atoms with van der Waals surface area (Å²) in [4.78, 5) is -2.05. The summed E-state index contributed by atoms with van der Waals surface area (Å²) in [5, 5.41) is 9.93. The summed E-state index contributed by atoms with van der Waals surface area (Å²) in [6.45, 7) is 4.00. The van der Waals surface area contributed by atoms with Gasteiger partial charge in [-0.3, -0.25) is 0 Å². The Labute approximate surface area is 154 Å². The van der Waals surface area contributed by atoms with Gasteiger partial charge in [-0.1, -0.05) is 46.0 Å². The molecule has 0 aromatic heterocycles. The van der Waals surface area contributed by atoms with Crippen molar-refractivity contribution in [1.29, 1.82) is 0 Å². The molecule has 0 saturated heterocycles. The number of aliphatic hydroxyl groups is 1. The van der Waals surface area contributed by atoms with Crippen molar-refractivity contribution in [2.45, 2.75) is 76.6 Å². The van der Waals surface area contributed by atoms with Crippen LogP contribution in [0.4, 0.5) is 0 Å². The second-order valence-electron chi connectivity index (χ2n) is 4.67. The molecule has 1 atom stereocenters. The van der Waals surface area contributed by atoms with E-state index < -0.39 is 15.1 Å². The molecule has 1 N–H and O–H groups in total. The first-order valence-electron chi connectivity index (χ1n) is 6.55. The molecule has 0 aromatic carbocycles. The molecule has 4 nitrogen and oxygen atoms in total. The molecule has 0 rings (SSSR count). The number of hydrogen-bond acceptors (Lipinski definition) is 4. The van der Waals surface area contributed by atoms with E-state index in [4.69, 9.17) is 0 Å². The first-order chi connectivity index (χ1) is 7.87. The average molecular weight is 304 g/mol. The van der Waals surface area contributed by atoms with Crippen molar-refractivity contribution in [2.24, 2.45) is 0 Å². The fourth-order valence-corrected chi connectivity index (χ4v) is 2.62. The van der Waals surface area contributed by atoms with Gasteiger partial charge in [-0.2, -0.15) is 0 Å². The molecule has 0 aromatic rings. The van der Waals surface area contributed by atoms with Gasteiger partial charge in [0.05, 0.1) is 0 Å². The van der Waals surface area contributed by atoms with E-state index >= 15 is 0 Å². The Balaban J connectivity index is 0. The third-order valence-corrected chi connectivity index (χ3v) is 4.40. The maximum Gasteiger partial charge on any atom is 1.00 e. The van der Waals surface area contributed by atoms with Crippen LogP contribution in [0.2, 0.25) is 0 Å². The van der Waals surface area contributed by atoms with Crippen molar-refractivity contribution in [3.8, 4) is 0 Å². The molecule has 6 heteroatoms. The normalized spacial score (nSPS) is 14.9. The van der Waals surface area contributed by atoms with E-state index in [-0.39, 0.29) is 64.2 Å². The van der Waals surface area contributed by atoms with Crippen LogP contribution in [0, 0.1) is 0 Å². The van der Waals surface area contributed by atoms with E-state index in [9.17, 15) is 18.1 Å². The molecule has 0 heterocycles. The van der Waals surface area contributed by atoms with E-state index in [0.717, 1.165) is 32.1 Å². The van der Waals surface area contributed by atoms with Crippen molar-refractivity contribution in [3.05, 3.63) is 0 Å². The monoisotopic (exact) mass is 304 g/mol. The molecule has 0 aliphatic carbocycles. The van der Waals surface area contributed by atoms with Gasteiger partial charge >= 0.3 is 51.4 Å². The van der Waals surface area contributed by atoms with Crippen LogP contribution in [0.5, 0.6) is 0 Å². The maximum atomic E-state index is 11.1. The van der Waals surface area contributed by atoms with Crippen LogP contribution in [0.3, 0.4) is 0 Å². The molecular weight excluding hydrogens is 279 g/mol. The second kappa shape index (κ2) is 11.2. The fourth-order valence-electron chi connectivity index (χ4n) is 1.83. The van der Waals surface area contributed by atoms with Crippen LogP contribution in [0.25, 0.3) is 0 Å². The van der Waals surface area contributed by atoms with Crippen LogP contribution in [0.15, 0.2) is 0 Å². The largest absolute Gasteiger partial charge is 1.00 e. The number of hydrogen-bond donors (Lipinski definition) is 1. The van der Waals surface area contributed by atoms with E-state index in [2.05, 4.69) is 6.92 Å². The molecule has 1 unspecified atom stereocenters. The zero-order valence-corrected chi connectivity index (χ0v) is 15.9. The van der Waals surface area contributed by atoms with Crippen molar-refractivity contribution in [3.63, 3.8) is 0 Å². The van der Waals surface area contributed by atoms with E-state index in [1.807, 2.05) is 6.92 Å². The summed E-state index contributed by atoms with van der Waals surface area (Å²) < 4.78 is 33.2. The van der Waals surface area contributed by atoms with Gasteiger partial charge in [-0.05, 0) is 25.7 Å². The Kier molecular flexibility index (Phi) is 13.6. The smallest absolute Gasteiger partial charge is 0.746 e. The topological polar surface area (TPSA) is 77.4 Å². The Morgan fingerprint density at radius 1 is 0.944 bits per heavy atom. The number of unbranched alkanes of at least 4 members (excludes halogenated alkanes) is 5. The molecule has 0 amide bonds. The zero-order valence-electron chi connectivity index (χ0n) is 11.9. The standard InChI is InChI=1S/C12H26O4S.K/c1-3-5-7-8-9-11-12(13,10-6-4-2)17(14,15)16;/h13H,3-11H2,1-2H3,(H,14,15,16);/q;+1/p-1. The quantitative estimate of drug-likeness (QED) is 0.344. The Bertz CT molecular complexity index is 292. The summed E-state index contributed by atoms with van der Waals surface area (Å²) in [7, 11) is -4.62. The van der Waals surface area contributed by atoms with Crippen molar-refractivity contribution >= 4 is 10.1 Å². The summed E-state index contributed by atoms with van der Waals surface area (Å²) >= 11 is 0. The SMILES string of the molecule is CCCCCCCC(O)(CCCC)S(=O)(=O)[O-].[K+]. The summed E-state index contributed by atoms with van der Waals surface area (Å²) in [5.74, 6) is 0. The van der Waals surface area contributed by atoms with Crippen molar-refractivity contribution in [2.75, 3.05) is 0 Å². The van der Waals surface area contributed by atoms with Crippen LogP contribution in [-0.2, 0) is 10.1 Å².